The summed E-state index contributed by atoms with van der Waals surface area (Å²) >= 11 is 1.55. The number of hydrogen-bond acceptors (Lipinski definition) is 8. The van der Waals surface area contributed by atoms with E-state index in [1.165, 1.54) is 6.21 Å². The van der Waals surface area contributed by atoms with Crippen molar-refractivity contribution in [3.8, 4) is 27.6 Å². The fourth-order valence-electron chi connectivity index (χ4n) is 3.99. The van der Waals surface area contributed by atoms with Crippen molar-refractivity contribution in [1.82, 2.24) is 20.2 Å². The minimum atomic E-state index is -0.595. The molecule has 0 unspecified atom stereocenters. The third kappa shape index (κ3) is 4.19. The molecule has 37 heavy (non-hydrogen) atoms. The number of nitrogens with two attached hydrogens (primary N) is 1. The summed E-state index contributed by atoms with van der Waals surface area (Å²) in [5.41, 5.74) is 13.1. The van der Waals surface area contributed by atoms with Gasteiger partial charge in [-0.25, -0.2) is 15.1 Å². The van der Waals surface area contributed by atoms with Crippen LogP contribution >= 0.6 is 11.3 Å². The highest BCUT2D eigenvalue weighted by molar-refractivity contribution is 7.13. The summed E-state index contributed by atoms with van der Waals surface area (Å²) in [7, 11) is 0. The van der Waals surface area contributed by atoms with Crippen molar-refractivity contribution >= 4 is 40.2 Å². The maximum absolute atomic E-state index is 13.0. The molecule has 6 aromatic rings. The molecule has 0 aliphatic carbocycles. The van der Waals surface area contributed by atoms with E-state index in [1.54, 1.807) is 28.3 Å². The minimum absolute atomic E-state index is 0.0764. The Morgan fingerprint density at radius 1 is 1.16 bits per heavy atom. The van der Waals surface area contributed by atoms with Gasteiger partial charge in [0, 0.05) is 17.3 Å². The molecule has 6 rings (SSSR count). The van der Waals surface area contributed by atoms with Crippen molar-refractivity contribution in [2.24, 2.45) is 5.10 Å². The number of para-hydroxylation sites is 1. The molecule has 0 aliphatic heterocycles. The van der Waals surface area contributed by atoms with Gasteiger partial charge in [0.25, 0.3) is 0 Å². The van der Waals surface area contributed by atoms with E-state index in [1.807, 2.05) is 73.1 Å². The number of thiophene rings is 1. The molecule has 5 heterocycles. The van der Waals surface area contributed by atoms with Crippen LogP contribution in [0.3, 0.4) is 0 Å². The standard InChI is InChI=1S/C27H20N6O3S/c1-16-17(15-33(32-16)18-7-3-2-4-8-18)14-29-31-26(34)25-24(28)23-19(21-9-5-11-35-21)13-20(30-27(23)36-25)22-10-6-12-37-22/h2-15H,28H2,1H3,(H,31,34)/b29-14-. The molecule has 0 bridgehead atoms. The Balaban J connectivity index is 1.31. The van der Waals surface area contributed by atoms with Gasteiger partial charge < -0.3 is 14.6 Å². The summed E-state index contributed by atoms with van der Waals surface area (Å²) in [6.07, 6.45) is 4.94. The van der Waals surface area contributed by atoms with Crippen molar-refractivity contribution < 1.29 is 13.6 Å². The quantitative estimate of drug-likeness (QED) is 0.221. The minimum Gasteiger partial charge on any atom is -0.464 e. The number of hydrogen-bond donors (Lipinski definition) is 2. The van der Waals surface area contributed by atoms with Crippen LogP contribution in [-0.4, -0.2) is 26.9 Å². The number of furan rings is 2. The summed E-state index contributed by atoms with van der Waals surface area (Å²) < 4.78 is 13.2. The Morgan fingerprint density at radius 2 is 2.03 bits per heavy atom. The number of benzene rings is 1. The summed E-state index contributed by atoms with van der Waals surface area (Å²) in [4.78, 5) is 18.5. The van der Waals surface area contributed by atoms with Crippen molar-refractivity contribution in [2.75, 3.05) is 5.73 Å². The van der Waals surface area contributed by atoms with Crippen LogP contribution in [0.1, 0.15) is 21.8 Å². The van der Waals surface area contributed by atoms with Crippen LogP contribution in [0, 0.1) is 6.92 Å². The molecular formula is C27H20N6O3S. The van der Waals surface area contributed by atoms with Gasteiger partial charge >= 0.3 is 5.91 Å². The van der Waals surface area contributed by atoms with E-state index in [-0.39, 0.29) is 17.2 Å². The number of nitrogen functional groups attached to an aromatic ring is 1. The van der Waals surface area contributed by atoms with E-state index in [4.69, 9.17) is 14.6 Å². The zero-order valence-electron chi connectivity index (χ0n) is 19.6. The monoisotopic (exact) mass is 508 g/mol. The second-order valence-corrected chi connectivity index (χ2v) is 9.13. The van der Waals surface area contributed by atoms with Gasteiger partial charge in [-0.1, -0.05) is 24.3 Å². The Morgan fingerprint density at radius 3 is 2.78 bits per heavy atom. The Labute approximate surface area is 214 Å². The van der Waals surface area contributed by atoms with Crippen molar-refractivity contribution in [3.63, 3.8) is 0 Å². The molecule has 9 nitrogen and oxygen atoms in total. The lowest BCUT2D eigenvalue weighted by atomic mass is 10.1. The molecule has 0 spiro atoms. The SMILES string of the molecule is Cc1nn(-c2ccccc2)cc1/C=N\NC(=O)c1oc2nc(-c3cccs3)cc(-c3ccco3)c2c1N. The zero-order chi connectivity index (χ0) is 25.4. The summed E-state index contributed by atoms with van der Waals surface area (Å²) in [5.74, 6) is -0.0796. The predicted octanol–water partition coefficient (Wildman–Crippen LogP) is 5.66. The number of rotatable bonds is 6. The maximum atomic E-state index is 13.0. The number of nitrogens with one attached hydrogen (secondary N) is 1. The molecule has 10 heteroatoms. The van der Waals surface area contributed by atoms with Crippen LogP contribution < -0.4 is 11.2 Å². The number of amides is 1. The van der Waals surface area contributed by atoms with E-state index in [0.717, 1.165) is 21.8 Å². The maximum Gasteiger partial charge on any atom is 0.309 e. The molecule has 0 aliphatic rings. The van der Waals surface area contributed by atoms with E-state index in [0.29, 0.717) is 22.4 Å². The van der Waals surface area contributed by atoms with E-state index < -0.39 is 5.91 Å². The molecular weight excluding hydrogens is 488 g/mol. The van der Waals surface area contributed by atoms with Crippen LogP contribution in [-0.2, 0) is 0 Å². The second kappa shape index (κ2) is 9.25. The molecule has 182 valence electrons. The Hall–Kier alpha value is -4.96. The predicted molar refractivity (Wildman–Crippen MR) is 143 cm³/mol. The molecule has 0 saturated heterocycles. The van der Waals surface area contributed by atoms with Crippen LogP contribution in [0.15, 0.2) is 92.4 Å². The molecule has 0 atom stereocenters. The van der Waals surface area contributed by atoms with Crippen molar-refractivity contribution in [3.05, 3.63) is 95.5 Å². The first-order chi connectivity index (χ1) is 18.1. The summed E-state index contributed by atoms with van der Waals surface area (Å²) in [6.45, 7) is 1.87. The highest BCUT2D eigenvalue weighted by atomic mass is 32.1. The molecule has 1 amide bonds. The van der Waals surface area contributed by atoms with Crippen LogP contribution in [0.2, 0.25) is 0 Å². The smallest absolute Gasteiger partial charge is 0.309 e. The Bertz CT molecular complexity index is 1730. The van der Waals surface area contributed by atoms with Gasteiger partial charge in [-0.15, -0.1) is 11.3 Å². The first-order valence-electron chi connectivity index (χ1n) is 11.3. The number of pyridine rings is 1. The highest BCUT2D eigenvalue weighted by Gasteiger charge is 2.24. The van der Waals surface area contributed by atoms with Gasteiger partial charge in [-0.05, 0) is 48.7 Å². The normalized spacial score (nSPS) is 11.5. The second-order valence-electron chi connectivity index (χ2n) is 8.18. The molecule has 0 fully saturated rings. The lowest BCUT2D eigenvalue weighted by Gasteiger charge is -2.03. The van der Waals surface area contributed by atoms with Gasteiger partial charge in [0.1, 0.15) is 5.76 Å². The van der Waals surface area contributed by atoms with Gasteiger partial charge in [-0.2, -0.15) is 10.2 Å². The third-order valence-corrected chi connectivity index (χ3v) is 6.69. The van der Waals surface area contributed by atoms with Crippen LogP contribution in [0.4, 0.5) is 5.69 Å². The lowest BCUT2D eigenvalue weighted by Crippen LogP contribution is -2.18. The summed E-state index contributed by atoms with van der Waals surface area (Å²) in [6, 6.07) is 19.1. The van der Waals surface area contributed by atoms with Gasteiger partial charge in [0.2, 0.25) is 11.5 Å². The average molecular weight is 509 g/mol. The molecule has 0 radical (unpaired) electrons. The number of hydrazone groups is 1. The number of nitrogens with zero attached hydrogens (tertiary/aromatic N) is 4. The van der Waals surface area contributed by atoms with E-state index in [9.17, 15) is 4.79 Å². The third-order valence-electron chi connectivity index (χ3n) is 5.79. The highest BCUT2D eigenvalue weighted by Crippen LogP contribution is 2.39. The fraction of sp³-hybridized carbons (Fsp3) is 0.0370. The zero-order valence-corrected chi connectivity index (χ0v) is 20.4. The number of carbonyl (C=O) groups excluding carboxylic acids is 1. The largest absolute Gasteiger partial charge is 0.464 e. The number of aryl methyl sites for hydroxylation is 1. The number of fused-ring (bicyclic) bond motifs is 1. The topological polar surface area (TPSA) is 124 Å². The Kier molecular flexibility index (Phi) is 5.62. The molecule has 1 aromatic carbocycles. The van der Waals surface area contributed by atoms with Gasteiger partial charge in [0.05, 0.1) is 45.5 Å². The fourth-order valence-corrected chi connectivity index (χ4v) is 4.68. The average Bonchev–Trinajstić information content (AvgIpc) is 3.72. The first kappa shape index (κ1) is 22.5. The van der Waals surface area contributed by atoms with Crippen molar-refractivity contribution in [1.29, 1.82) is 0 Å². The number of anilines is 1. The van der Waals surface area contributed by atoms with E-state index in [2.05, 4.69) is 20.6 Å². The van der Waals surface area contributed by atoms with Gasteiger partial charge in [0.15, 0.2) is 0 Å². The number of carbonyl (C=O) groups is 1. The van der Waals surface area contributed by atoms with Crippen LogP contribution in [0.5, 0.6) is 0 Å². The van der Waals surface area contributed by atoms with E-state index >= 15 is 0 Å². The van der Waals surface area contributed by atoms with Crippen molar-refractivity contribution in [2.45, 2.75) is 6.92 Å². The molecule has 5 aromatic heterocycles. The first-order valence-corrected chi connectivity index (χ1v) is 12.2. The lowest BCUT2D eigenvalue weighted by molar-refractivity contribution is 0.0930. The number of aromatic nitrogens is 3. The molecule has 3 N–H and O–H groups in total. The van der Waals surface area contributed by atoms with Gasteiger partial charge in [-0.3, -0.25) is 4.79 Å². The van der Waals surface area contributed by atoms with Crippen LogP contribution in [0.25, 0.3) is 38.7 Å². The molecule has 0 saturated carbocycles. The summed E-state index contributed by atoms with van der Waals surface area (Å²) in [5, 5.41) is 11.1.